The van der Waals surface area contributed by atoms with E-state index >= 15 is 0 Å². The molecular weight excluding hydrogens is 335 g/mol. The second-order valence-electron chi connectivity index (χ2n) is 5.01. The Kier molecular flexibility index (Phi) is 5.69. The average Bonchev–Trinajstić information content (AvgIpc) is 2.59. The first-order valence-electron chi connectivity index (χ1n) is 7.22. The second-order valence-corrected chi connectivity index (χ2v) is 5.01. The first kappa shape index (κ1) is 18.4. The number of halogens is 3. The van der Waals surface area contributed by atoms with Gasteiger partial charge in [0.15, 0.2) is 11.5 Å². The van der Waals surface area contributed by atoms with Crippen LogP contribution in [0.15, 0.2) is 48.5 Å². The number of hydrogen-bond acceptors (Lipinski definition) is 3. The highest BCUT2D eigenvalue weighted by molar-refractivity contribution is 6.01. The van der Waals surface area contributed by atoms with E-state index in [4.69, 9.17) is 9.47 Å². The SMILES string of the molecule is COc1ccc(/C=C\C(=O)Nc2ccc(C(F)(F)F)cc2)cc1OC. The largest absolute Gasteiger partial charge is 0.493 e. The average molecular weight is 351 g/mol. The number of benzene rings is 2. The van der Waals surface area contributed by atoms with E-state index in [0.717, 1.165) is 12.1 Å². The molecule has 0 saturated heterocycles. The van der Waals surface area contributed by atoms with Crippen LogP contribution < -0.4 is 14.8 Å². The van der Waals surface area contributed by atoms with Gasteiger partial charge in [0.25, 0.3) is 0 Å². The van der Waals surface area contributed by atoms with E-state index in [2.05, 4.69) is 5.32 Å². The fourth-order valence-electron chi connectivity index (χ4n) is 2.05. The molecule has 0 atom stereocenters. The van der Waals surface area contributed by atoms with Crippen LogP contribution >= 0.6 is 0 Å². The first-order valence-corrected chi connectivity index (χ1v) is 7.22. The molecule has 25 heavy (non-hydrogen) atoms. The van der Waals surface area contributed by atoms with Gasteiger partial charge in [0.1, 0.15) is 0 Å². The van der Waals surface area contributed by atoms with Gasteiger partial charge in [0.2, 0.25) is 5.91 Å². The quantitative estimate of drug-likeness (QED) is 0.814. The number of carbonyl (C=O) groups is 1. The van der Waals surface area contributed by atoms with Crippen molar-refractivity contribution in [2.45, 2.75) is 6.18 Å². The van der Waals surface area contributed by atoms with Crippen molar-refractivity contribution < 1.29 is 27.4 Å². The third kappa shape index (κ3) is 5.00. The molecule has 1 N–H and O–H groups in total. The minimum atomic E-state index is -4.41. The molecular formula is C18H16F3NO3. The summed E-state index contributed by atoms with van der Waals surface area (Å²) in [7, 11) is 3.02. The maximum atomic E-state index is 12.5. The van der Waals surface area contributed by atoms with E-state index in [1.165, 1.54) is 32.4 Å². The lowest BCUT2D eigenvalue weighted by Crippen LogP contribution is -2.09. The second kappa shape index (κ2) is 7.74. The molecule has 0 fully saturated rings. The summed E-state index contributed by atoms with van der Waals surface area (Å²) in [6.45, 7) is 0. The van der Waals surface area contributed by atoms with E-state index in [-0.39, 0.29) is 5.69 Å². The molecule has 0 aliphatic heterocycles. The standard InChI is InChI=1S/C18H16F3NO3/c1-24-15-9-3-12(11-16(15)25-2)4-10-17(23)22-14-7-5-13(6-8-14)18(19,20)21/h3-11H,1-2H3,(H,22,23)/b10-4-. The van der Waals surface area contributed by atoms with Crippen LogP contribution in [0, 0.1) is 0 Å². The Morgan fingerprint density at radius 1 is 1.00 bits per heavy atom. The monoisotopic (exact) mass is 351 g/mol. The minimum absolute atomic E-state index is 0.273. The minimum Gasteiger partial charge on any atom is -0.493 e. The Morgan fingerprint density at radius 2 is 1.64 bits per heavy atom. The number of methoxy groups -OCH3 is 2. The van der Waals surface area contributed by atoms with Gasteiger partial charge in [-0.15, -0.1) is 0 Å². The summed E-state index contributed by atoms with van der Waals surface area (Å²) in [5, 5.41) is 2.49. The van der Waals surface area contributed by atoms with Crippen LogP contribution in [0.25, 0.3) is 6.08 Å². The van der Waals surface area contributed by atoms with Gasteiger partial charge in [0, 0.05) is 11.8 Å². The normalized spacial score (nSPS) is 11.4. The summed E-state index contributed by atoms with van der Waals surface area (Å²) < 4.78 is 47.8. The van der Waals surface area contributed by atoms with Crippen LogP contribution in [0.2, 0.25) is 0 Å². The summed E-state index contributed by atoms with van der Waals surface area (Å²) in [6, 6.07) is 9.35. The Labute approximate surface area is 142 Å². The molecule has 132 valence electrons. The van der Waals surface area contributed by atoms with Gasteiger partial charge in [0.05, 0.1) is 19.8 Å². The summed E-state index contributed by atoms with van der Waals surface area (Å²) in [6.07, 6.45) is -1.57. The molecule has 0 aliphatic carbocycles. The van der Waals surface area contributed by atoms with Crippen LogP contribution in [0.1, 0.15) is 11.1 Å². The van der Waals surface area contributed by atoms with E-state index in [9.17, 15) is 18.0 Å². The molecule has 1 amide bonds. The maximum absolute atomic E-state index is 12.5. The highest BCUT2D eigenvalue weighted by Crippen LogP contribution is 2.30. The highest BCUT2D eigenvalue weighted by Gasteiger charge is 2.29. The number of alkyl halides is 3. The fraction of sp³-hybridized carbons (Fsp3) is 0.167. The Morgan fingerprint density at radius 3 is 2.20 bits per heavy atom. The zero-order valence-electron chi connectivity index (χ0n) is 13.6. The molecule has 2 aromatic carbocycles. The molecule has 7 heteroatoms. The van der Waals surface area contributed by atoms with E-state index in [0.29, 0.717) is 17.1 Å². The maximum Gasteiger partial charge on any atom is 0.416 e. The van der Waals surface area contributed by atoms with Crippen LogP contribution in [0.4, 0.5) is 18.9 Å². The molecule has 0 unspecified atom stereocenters. The van der Waals surface area contributed by atoms with E-state index in [1.807, 2.05) is 0 Å². The van der Waals surface area contributed by atoms with Gasteiger partial charge in [-0.05, 0) is 48.0 Å². The predicted molar refractivity (Wildman–Crippen MR) is 88.7 cm³/mol. The molecule has 0 saturated carbocycles. The summed E-state index contributed by atoms with van der Waals surface area (Å²) in [4.78, 5) is 11.9. The van der Waals surface area contributed by atoms with Gasteiger partial charge in [-0.25, -0.2) is 0 Å². The molecule has 0 heterocycles. The van der Waals surface area contributed by atoms with Crippen molar-refractivity contribution >= 4 is 17.7 Å². The summed E-state index contributed by atoms with van der Waals surface area (Å²) in [5.41, 5.74) is 0.210. The number of rotatable bonds is 5. The smallest absolute Gasteiger partial charge is 0.416 e. The number of carbonyl (C=O) groups excluding carboxylic acids is 1. The van der Waals surface area contributed by atoms with Gasteiger partial charge in [-0.2, -0.15) is 13.2 Å². The third-order valence-electron chi connectivity index (χ3n) is 3.31. The van der Waals surface area contributed by atoms with Gasteiger partial charge < -0.3 is 14.8 Å². The molecule has 0 bridgehead atoms. The lowest BCUT2D eigenvalue weighted by Gasteiger charge is -2.08. The Bertz CT molecular complexity index is 768. The van der Waals surface area contributed by atoms with Crippen molar-refractivity contribution in [2.24, 2.45) is 0 Å². The summed E-state index contributed by atoms with van der Waals surface area (Å²) >= 11 is 0. The Balaban J connectivity index is 2.03. The molecule has 2 aromatic rings. The highest BCUT2D eigenvalue weighted by atomic mass is 19.4. The van der Waals surface area contributed by atoms with Crippen LogP contribution in [-0.4, -0.2) is 20.1 Å². The lowest BCUT2D eigenvalue weighted by molar-refractivity contribution is -0.137. The first-order chi connectivity index (χ1) is 11.8. The number of anilines is 1. The van der Waals surface area contributed by atoms with Crippen molar-refractivity contribution in [3.05, 3.63) is 59.7 Å². The van der Waals surface area contributed by atoms with Gasteiger partial charge in [-0.1, -0.05) is 6.07 Å². The zero-order chi connectivity index (χ0) is 18.4. The molecule has 0 spiro atoms. The number of hydrogen-bond donors (Lipinski definition) is 1. The van der Waals surface area contributed by atoms with Crippen molar-refractivity contribution in [3.8, 4) is 11.5 Å². The molecule has 2 rings (SSSR count). The van der Waals surface area contributed by atoms with Crippen LogP contribution in [-0.2, 0) is 11.0 Å². The molecule has 0 aliphatic rings. The van der Waals surface area contributed by atoms with Crippen LogP contribution in [0.3, 0.4) is 0 Å². The van der Waals surface area contributed by atoms with Crippen molar-refractivity contribution in [1.29, 1.82) is 0 Å². The van der Waals surface area contributed by atoms with Crippen molar-refractivity contribution in [2.75, 3.05) is 19.5 Å². The van der Waals surface area contributed by atoms with Crippen molar-refractivity contribution in [1.82, 2.24) is 0 Å². The van der Waals surface area contributed by atoms with Crippen LogP contribution in [0.5, 0.6) is 11.5 Å². The molecule has 0 radical (unpaired) electrons. The topological polar surface area (TPSA) is 47.6 Å². The molecule has 4 nitrogen and oxygen atoms in total. The van der Waals surface area contributed by atoms with Gasteiger partial charge >= 0.3 is 6.18 Å². The predicted octanol–water partition coefficient (Wildman–Crippen LogP) is 4.37. The lowest BCUT2D eigenvalue weighted by atomic mass is 10.2. The number of amides is 1. The van der Waals surface area contributed by atoms with Gasteiger partial charge in [-0.3, -0.25) is 4.79 Å². The zero-order valence-corrected chi connectivity index (χ0v) is 13.6. The number of nitrogens with one attached hydrogen (secondary N) is 1. The molecule has 0 aromatic heterocycles. The fourth-order valence-corrected chi connectivity index (χ4v) is 2.05. The van der Waals surface area contributed by atoms with E-state index < -0.39 is 17.6 Å². The number of ether oxygens (including phenoxy) is 2. The Hall–Kier alpha value is -2.96. The summed E-state index contributed by atoms with van der Waals surface area (Å²) in [5.74, 6) is 0.621. The third-order valence-corrected chi connectivity index (χ3v) is 3.31. The van der Waals surface area contributed by atoms with E-state index in [1.54, 1.807) is 24.3 Å². The van der Waals surface area contributed by atoms with Crippen molar-refractivity contribution in [3.63, 3.8) is 0 Å².